The Kier molecular flexibility index (Phi) is 9.02. The zero-order valence-electron chi connectivity index (χ0n) is 27.6. The van der Waals surface area contributed by atoms with Crippen LogP contribution in [-0.4, -0.2) is 67.7 Å². The van der Waals surface area contributed by atoms with Crippen LogP contribution in [0.4, 0.5) is 19.4 Å². The van der Waals surface area contributed by atoms with Crippen molar-refractivity contribution in [2.75, 3.05) is 24.5 Å². The van der Waals surface area contributed by atoms with E-state index >= 15 is 8.78 Å². The van der Waals surface area contributed by atoms with Crippen LogP contribution in [0.3, 0.4) is 0 Å². The highest BCUT2D eigenvalue weighted by Gasteiger charge is 2.33. The van der Waals surface area contributed by atoms with Crippen LogP contribution in [0, 0.1) is 18.6 Å². The maximum Gasteiger partial charge on any atom is 0.410 e. The minimum Gasteiger partial charge on any atom is -0.444 e. The molecule has 13 heteroatoms. The van der Waals surface area contributed by atoms with Gasteiger partial charge in [0.15, 0.2) is 5.65 Å². The van der Waals surface area contributed by atoms with E-state index in [4.69, 9.17) is 10.5 Å². The SMILES string of the molecule is Cc1ccnc(C(C)C)c1-n1c(=O)nc(N2CCN(C(=O)OC(C)(C)C)C[C@@H]2C)c2cc(F)c(-c3c(F)cccc3CC(N)=O)nc21. The summed E-state index contributed by atoms with van der Waals surface area (Å²) >= 11 is 0. The number of nitrogens with two attached hydrogens (primary N) is 1. The monoisotopic (exact) mass is 647 g/mol. The molecular formula is C34H39F2N7O4. The molecule has 0 aliphatic carbocycles. The van der Waals surface area contributed by atoms with Crippen LogP contribution >= 0.6 is 0 Å². The molecule has 2 amide bonds. The lowest BCUT2D eigenvalue weighted by Crippen LogP contribution is -2.55. The number of fused-ring (bicyclic) bond motifs is 1. The minimum absolute atomic E-state index is 0.0319. The van der Waals surface area contributed by atoms with Gasteiger partial charge in [0.2, 0.25) is 5.91 Å². The Morgan fingerprint density at radius 3 is 2.47 bits per heavy atom. The van der Waals surface area contributed by atoms with Crippen LogP contribution in [0.5, 0.6) is 0 Å². The number of rotatable bonds is 6. The molecule has 5 rings (SSSR count). The second-order valence-corrected chi connectivity index (χ2v) is 13.1. The molecule has 4 aromatic rings. The molecule has 1 saturated heterocycles. The summed E-state index contributed by atoms with van der Waals surface area (Å²) in [4.78, 5) is 55.8. The van der Waals surface area contributed by atoms with Crippen molar-refractivity contribution in [1.29, 1.82) is 0 Å². The number of piperazine rings is 1. The maximum atomic E-state index is 16.2. The van der Waals surface area contributed by atoms with Gasteiger partial charge in [-0.2, -0.15) is 4.98 Å². The van der Waals surface area contributed by atoms with Crippen molar-refractivity contribution >= 4 is 28.9 Å². The summed E-state index contributed by atoms with van der Waals surface area (Å²) in [6.07, 6.45) is 0.835. The Bertz CT molecular complexity index is 1940. The zero-order valence-corrected chi connectivity index (χ0v) is 27.6. The van der Waals surface area contributed by atoms with Crippen molar-refractivity contribution < 1.29 is 23.1 Å². The van der Waals surface area contributed by atoms with Crippen molar-refractivity contribution in [3.05, 3.63) is 75.5 Å². The number of primary amides is 1. The molecule has 4 heterocycles. The Morgan fingerprint density at radius 2 is 1.83 bits per heavy atom. The van der Waals surface area contributed by atoms with E-state index in [-0.39, 0.29) is 71.7 Å². The second kappa shape index (κ2) is 12.7. The fraction of sp³-hybridized carbons (Fsp3) is 0.412. The number of carbonyl (C=O) groups excluding carboxylic acids is 2. The molecule has 0 saturated carbocycles. The third kappa shape index (κ3) is 6.65. The number of aromatic nitrogens is 4. The molecule has 1 aliphatic heterocycles. The first-order chi connectivity index (χ1) is 22.1. The fourth-order valence-corrected chi connectivity index (χ4v) is 5.92. The predicted octanol–water partition coefficient (Wildman–Crippen LogP) is 5.03. The van der Waals surface area contributed by atoms with Crippen molar-refractivity contribution in [2.45, 2.75) is 72.4 Å². The quantitative estimate of drug-likeness (QED) is 0.308. The van der Waals surface area contributed by atoms with E-state index in [0.29, 0.717) is 16.9 Å². The Balaban J connectivity index is 1.76. The summed E-state index contributed by atoms with van der Waals surface area (Å²) < 4.78 is 38.5. The van der Waals surface area contributed by atoms with Gasteiger partial charge < -0.3 is 20.3 Å². The van der Waals surface area contributed by atoms with E-state index in [1.165, 1.54) is 22.8 Å². The van der Waals surface area contributed by atoms with Crippen LogP contribution in [0.15, 0.2) is 41.3 Å². The topological polar surface area (TPSA) is 137 Å². The Morgan fingerprint density at radius 1 is 1.11 bits per heavy atom. The molecule has 1 atom stereocenters. The molecule has 0 radical (unpaired) electrons. The molecule has 2 N–H and O–H groups in total. The van der Waals surface area contributed by atoms with Crippen molar-refractivity contribution in [2.24, 2.45) is 5.73 Å². The molecule has 248 valence electrons. The van der Waals surface area contributed by atoms with Crippen molar-refractivity contribution in [3.8, 4) is 16.9 Å². The van der Waals surface area contributed by atoms with Crippen LogP contribution in [-0.2, 0) is 16.0 Å². The maximum absolute atomic E-state index is 16.2. The number of hydrogen-bond acceptors (Lipinski definition) is 8. The van der Waals surface area contributed by atoms with Gasteiger partial charge in [0.05, 0.1) is 23.2 Å². The van der Waals surface area contributed by atoms with Gasteiger partial charge in [0.25, 0.3) is 0 Å². The van der Waals surface area contributed by atoms with E-state index in [2.05, 4.69) is 15.0 Å². The summed E-state index contributed by atoms with van der Waals surface area (Å²) in [6, 6.07) is 6.62. The summed E-state index contributed by atoms with van der Waals surface area (Å²) in [6.45, 7) is 13.7. The van der Waals surface area contributed by atoms with Crippen molar-refractivity contribution in [1.82, 2.24) is 24.4 Å². The molecular weight excluding hydrogens is 608 g/mol. The van der Waals surface area contributed by atoms with Crippen LogP contribution in [0.1, 0.15) is 64.3 Å². The van der Waals surface area contributed by atoms with Crippen molar-refractivity contribution in [3.63, 3.8) is 0 Å². The Hall–Kier alpha value is -4.94. The molecule has 47 heavy (non-hydrogen) atoms. The number of carbonyl (C=O) groups is 2. The number of ether oxygens (including phenoxy) is 1. The third-order valence-electron chi connectivity index (χ3n) is 7.98. The summed E-state index contributed by atoms with van der Waals surface area (Å²) in [7, 11) is 0. The molecule has 0 unspecified atom stereocenters. The van der Waals surface area contributed by atoms with Gasteiger partial charge in [0, 0.05) is 37.4 Å². The van der Waals surface area contributed by atoms with Crippen LogP contribution in [0.25, 0.3) is 28.0 Å². The third-order valence-corrected chi connectivity index (χ3v) is 7.98. The lowest BCUT2D eigenvalue weighted by atomic mass is 9.99. The van der Waals surface area contributed by atoms with Gasteiger partial charge in [-0.15, -0.1) is 0 Å². The lowest BCUT2D eigenvalue weighted by molar-refractivity contribution is -0.117. The number of hydrogen-bond donors (Lipinski definition) is 1. The molecule has 1 fully saturated rings. The lowest BCUT2D eigenvalue weighted by Gasteiger charge is -2.41. The van der Waals surface area contributed by atoms with Gasteiger partial charge in [-0.3, -0.25) is 9.78 Å². The second-order valence-electron chi connectivity index (χ2n) is 13.1. The first-order valence-corrected chi connectivity index (χ1v) is 15.5. The standard InChI is InChI=1S/C34H39F2N7O4/c1-18(2)27-29(19(3)11-12-38-27)43-31-22(16-24(36)28(39-31)26-21(15-25(37)44)9-8-10-23(26)35)30(40-32(43)45)42-14-13-41(17-20(42)4)33(46)47-34(5,6)7/h8-12,16,18,20H,13-15,17H2,1-7H3,(H2,37,44)/t20-/m0/s1. The number of pyridine rings is 2. The summed E-state index contributed by atoms with van der Waals surface area (Å²) in [5, 5.41) is 0.203. The predicted molar refractivity (Wildman–Crippen MR) is 175 cm³/mol. The summed E-state index contributed by atoms with van der Waals surface area (Å²) in [5.41, 5.74) is 5.38. The highest BCUT2D eigenvalue weighted by atomic mass is 19.1. The van der Waals surface area contributed by atoms with Gasteiger partial charge in [0.1, 0.15) is 28.7 Å². The van der Waals surface area contributed by atoms with E-state index < -0.39 is 34.9 Å². The highest BCUT2D eigenvalue weighted by molar-refractivity contribution is 5.91. The largest absolute Gasteiger partial charge is 0.444 e. The average Bonchev–Trinajstić information content (AvgIpc) is 2.96. The van der Waals surface area contributed by atoms with E-state index in [1.807, 2.05) is 32.6 Å². The van der Waals surface area contributed by atoms with Gasteiger partial charge in [-0.1, -0.05) is 26.0 Å². The van der Waals surface area contributed by atoms with Crippen LogP contribution < -0.4 is 16.3 Å². The van der Waals surface area contributed by atoms with E-state index in [0.717, 1.165) is 6.07 Å². The molecule has 3 aromatic heterocycles. The number of benzene rings is 1. The number of amides is 2. The molecule has 1 aromatic carbocycles. The smallest absolute Gasteiger partial charge is 0.410 e. The number of anilines is 1. The van der Waals surface area contributed by atoms with Crippen LogP contribution in [0.2, 0.25) is 0 Å². The Labute approximate surface area is 271 Å². The first-order valence-electron chi connectivity index (χ1n) is 15.5. The summed E-state index contributed by atoms with van der Waals surface area (Å²) in [5.74, 6) is -2.35. The van der Waals surface area contributed by atoms with Gasteiger partial charge in [-0.25, -0.2) is 27.9 Å². The molecule has 0 spiro atoms. The van der Waals surface area contributed by atoms with Gasteiger partial charge in [-0.05, 0) is 69.9 Å². The van der Waals surface area contributed by atoms with Gasteiger partial charge >= 0.3 is 11.8 Å². The van der Waals surface area contributed by atoms with E-state index in [9.17, 15) is 14.4 Å². The first kappa shape index (κ1) is 33.4. The molecule has 0 bridgehead atoms. The molecule has 11 nitrogen and oxygen atoms in total. The zero-order chi connectivity index (χ0) is 34.4. The fourth-order valence-electron chi connectivity index (χ4n) is 5.92. The minimum atomic E-state index is -0.881. The number of nitrogens with zero attached hydrogens (tertiary/aromatic N) is 6. The normalized spacial score (nSPS) is 15.4. The van der Waals surface area contributed by atoms with E-state index in [1.54, 1.807) is 37.9 Å². The number of aryl methyl sites for hydroxylation is 1. The highest BCUT2D eigenvalue weighted by Crippen LogP contribution is 2.35. The number of halogens is 2. The molecule has 1 aliphatic rings. The average molecular weight is 648 g/mol.